The molecule has 3 nitrogen and oxygen atoms in total. The Morgan fingerprint density at radius 2 is 2.00 bits per heavy atom. The normalized spacial score (nSPS) is 12.7. The van der Waals surface area contributed by atoms with Gasteiger partial charge in [0, 0.05) is 27.5 Å². The van der Waals surface area contributed by atoms with Crippen molar-refractivity contribution in [2.75, 3.05) is 6.54 Å². The summed E-state index contributed by atoms with van der Waals surface area (Å²) in [5.74, 6) is 0. The Morgan fingerprint density at radius 3 is 2.74 bits per heavy atom. The molecule has 2 heterocycles. The summed E-state index contributed by atoms with van der Waals surface area (Å²) in [5.41, 5.74) is 1.11. The summed E-state index contributed by atoms with van der Waals surface area (Å²) in [4.78, 5) is 9.55. The average molecular weight is 269 g/mol. The highest BCUT2D eigenvalue weighted by molar-refractivity contribution is 7.19. The van der Waals surface area contributed by atoms with E-state index >= 15 is 0 Å². The van der Waals surface area contributed by atoms with Crippen molar-refractivity contribution in [3.05, 3.63) is 59.5 Å². The number of rotatable bonds is 4. The van der Waals surface area contributed by atoms with Gasteiger partial charge in [-0.3, -0.25) is 0 Å². The molecule has 3 rings (SSSR count). The third-order valence-corrected chi connectivity index (χ3v) is 4.23. The molecule has 0 aliphatic rings. The van der Waals surface area contributed by atoms with Crippen molar-refractivity contribution in [2.45, 2.75) is 13.0 Å². The molecular formula is C15H15N3S. The molecule has 2 aromatic heterocycles. The van der Waals surface area contributed by atoms with Crippen LogP contribution < -0.4 is 5.32 Å². The lowest BCUT2D eigenvalue weighted by atomic mass is 10.1. The van der Waals surface area contributed by atoms with E-state index in [9.17, 15) is 0 Å². The van der Waals surface area contributed by atoms with Crippen LogP contribution in [0.3, 0.4) is 0 Å². The van der Waals surface area contributed by atoms with E-state index in [-0.39, 0.29) is 6.04 Å². The van der Waals surface area contributed by atoms with Gasteiger partial charge in [-0.15, -0.1) is 11.3 Å². The smallest absolute Gasteiger partial charge is 0.115 e. The number of nitrogens with zero attached hydrogens (tertiary/aromatic N) is 2. The van der Waals surface area contributed by atoms with E-state index in [0.29, 0.717) is 0 Å². The molecule has 1 N–H and O–H groups in total. The summed E-state index contributed by atoms with van der Waals surface area (Å²) < 4.78 is 1.32. The van der Waals surface area contributed by atoms with E-state index in [1.807, 2.05) is 23.7 Å². The number of thiophene rings is 1. The van der Waals surface area contributed by atoms with Gasteiger partial charge in [0.1, 0.15) is 6.33 Å². The van der Waals surface area contributed by atoms with E-state index in [1.54, 1.807) is 6.33 Å². The third kappa shape index (κ3) is 2.50. The topological polar surface area (TPSA) is 37.8 Å². The predicted molar refractivity (Wildman–Crippen MR) is 79.4 cm³/mol. The van der Waals surface area contributed by atoms with Crippen LogP contribution in [-0.4, -0.2) is 16.5 Å². The van der Waals surface area contributed by atoms with Crippen molar-refractivity contribution < 1.29 is 0 Å². The fraction of sp³-hybridized carbons (Fsp3) is 0.200. The van der Waals surface area contributed by atoms with Crippen LogP contribution in [0.1, 0.15) is 23.4 Å². The van der Waals surface area contributed by atoms with Gasteiger partial charge in [-0.25, -0.2) is 9.97 Å². The Kier molecular flexibility index (Phi) is 3.53. The maximum Gasteiger partial charge on any atom is 0.115 e. The predicted octanol–water partition coefficient (Wildman–Crippen LogP) is 3.39. The molecule has 96 valence electrons. The number of benzene rings is 1. The first kappa shape index (κ1) is 12.3. The molecule has 0 radical (unpaired) electrons. The van der Waals surface area contributed by atoms with Crippen molar-refractivity contribution in [3.8, 4) is 0 Å². The van der Waals surface area contributed by atoms with E-state index in [2.05, 4.69) is 52.5 Å². The molecule has 0 fully saturated rings. The Morgan fingerprint density at radius 1 is 1.21 bits per heavy atom. The molecular weight excluding hydrogens is 254 g/mol. The number of hydrogen-bond donors (Lipinski definition) is 1. The lowest BCUT2D eigenvalue weighted by Crippen LogP contribution is -2.21. The molecule has 0 amide bonds. The zero-order valence-corrected chi connectivity index (χ0v) is 11.5. The zero-order valence-electron chi connectivity index (χ0n) is 10.7. The van der Waals surface area contributed by atoms with Crippen LogP contribution in [-0.2, 0) is 0 Å². The van der Waals surface area contributed by atoms with Crippen LogP contribution in [0.5, 0.6) is 0 Å². The second kappa shape index (κ2) is 5.47. The van der Waals surface area contributed by atoms with Gasteiger partial charge in [-0.2, -0.15) is 0 Å². The van der Waals surface area contributed by atoms with Gasteiger partial charge in [0.2, 0.25) is 0 Å². The second-order valence-corrected chi connectivity index (χ2v) is 5.46. The molecule has 0 aliphatic carbocycles. The van der Waals surface area contributed by atoms with E-state index in [4.69, 9.17) is 0 Å². The lowest BCUT2D eigenvalue weighted by Gasteiger charge is -2.15. The third-order valence-electron chi connectivity index (χ3n) is 3.05. The largest absolute Gasteiger partial charge is 0.306 e. The standard InChI is InChI=1S/C15H15N3S/c1-2-18-15(12-8-16-10-17-9-12)14-7-11-5-3-4-6-13(11)19-14/h3-10,15,18H,2H2,1H3. The molecule has 19 heavy (non-hydrogen) atoms. The molecule has 0 aliphatic heterocycles. The van der Waals surface area contributed by atoms with Crippen molar-refractivity contribution >= 4 is 21.4 Å². The van der Waals surface area contributed by atoms with Crippen molar-refractivity contribution in [1.82, 2.24) is 15.3 Å². The Labute approximate surface area is 116 Å². The van der Waals surface area contributed by atoms with Crippen molar-refractivity contribution in [1.29, 1.82) is 0 Å². The van der Waals surface area contributed by atoms with Crippen molar-refractivity contribution in [2.24, 2.45) is 0 Å². The summed E-state index contributed by atoms with van der Waals surface area (Å²) in [6.07, 6.45) is 5.33. The molecule has 1 unspecified atom stereocenters. The Balaban J connectivity index is 2.04. The van der Waals surface area contributed by atoms with Crippen LogP contribution in [0.25, 0.3) is 10.1 Å². The minimum absolute atomic E-state index is 0.170. The van der Waals surface area contributed by atoms with Gasteiger partial charge in [0.15, 0.2) is 0 Å². The van der Waals surface area contributed by atoms with Crippen LogP contribution in [0, 0.1) is 0 Å². The van der Waals surface area contributed by atoms with Gasteiger partial charge in [0.25, 0.3) is 0 Å². The fourth-order valence-corrected chi connectivity index (χ4v) is 3.36. The molecule has 0 bridgehead atoms. The highest BCUT2D eigenvalue weighted by Gasteiger charge is 2.16. The molecule has 4 heteroatoms. The first-order valence-electron chi connectivity index (χ1n) is 6.35. The number of hydrogen-bond acceptors (Lipinski definition) is 4. The number of nitrogens with one attached hydrogen (secondary N) is 1. The minimum atomic E-state index is 0.170. The summed E-state index contributed by atoms with van der Waals surface area (Å²) in [5, 5.41) is 4.80. The van der Waals surface area contributed by atoms with Crippen LogP contribution in [0.4, 0.5) is 0 Å². The zero-order chi connectivity index (χ0) is 13.1. The Hall–Kier alpha value is -1.78. The van der Waals surface area contributed by atoms with Crippen molar-refractivity contribution in [3.63, 3.8) is 0 Å². The Bertz CT molecular complexity index is 630. The maximum atomic E-state index is 4.12. The van der Waals surface area contributed by atoms with Gasteiger partial charge in [-0.05, 0) is 24.1 Å². The van der Waals surface area contributed by atoms with E-state index in [0.717, 1.165) is 12.1 Å². The first-order chi connectivity index (χ1) is 9.38. The average Bonchev–Trinajstić information content (AvgIpc) is 2.89. The second-order valence-electron chi connectivity index (χ2n) is 4.35. The van der Waals surface area contributed by atoms with Gasteiger partial charge >= 0.3 is 0 Å². The molecule has 0 saturated carbocycles. The molecule has 3 aromatic rings. The first-order valence-corrected chi connectivity index (χ1v) is 7.17. The van der Waals surface area contributed by atoms with E-state index < -0.39 is 0 Å². The maximum absolute atomic E-state index is 4.12. The quantitative estimate of drug-likeness (QED) is 0.789. The number of fused-ring (bicyclic) bond motifs is 1. The molecule has 0 spiro atoms. The van der Waals surface area contributed by atoms with Crippen LogP contribution in [0.2, 0.25) is 0 Å². The summed E-state index contributed by atoms with van der Waals surface area (Å²) in [7, 11) is 0. The highest BCUT2D eigenvalue weighted by atomic mass is 32.1. The molecule has 1 atom stereocenters. The SMILES string of the molecule is CCNC(c1cncnc1)c1cc2ccccc2s1. The van der Waals surface area contributed by atoms with Gasteiger partial charge in [-0.1, -0.05) is 25.1 Å². The minimum Gasteiger partial charge on any atom is -0.306 e. The summed E-state index contributed by atoms with van der Waals surface area (Å²) in [6.45, 7) is 3.03. The van der Waals surface area contributed by atoms with Crippen LogP contribution >= 0.6 is 11.3 Å². The van der Waals surface area contributed by atoms with Gasteiger partial charge in [0.05, 0.1) is 6.04 Å². The monoisotopic (exact) mass is 269 g/mol. The van der Waals surface area contributed by atoms with Gasteiger partial charge < -0.3 is 5.32 Å². The molecule has 0 saturated heterocycles. The van der Waals surface area contributed by atoms with E-state index in [1.165, 1.54) is 15.0 Å². The fourth-order valence-electron chi connectivity index (χ4n) is 2.19. The lowest BCUT2D eigenvalue weighted by molar-refractivity contribution is 0.635. The summed E-state index contributed by atoms with van der Waals surface area (Å²) in [6, 6.07) is 10.9. The van der Waals surface area contributed by atoms with Crippen LogP contribution in [0.15, 0.2) is 49.1 Å². The number of aromatic nitrogens is 2. The highest BCUT2D eigenvalue weighted by Crippen LogP contribution is 2.32. The molecule has 1 aromatic carbocycles. The summed E-state index contributed by atoms with van der Waals surface area (Å²) >= 11 is 1.82.